The van der Waals surface area contributed by atoms with E-state index >= 15 is 0 Å². The van der Waals surface area contributed by atoms with Gasteiger partial charge >= 0.3 is 0 Å². The van der Waals surface area contributed by atoms with E-state index in [9.17, 15) is 8.42 Å². The van der Waals surface area contributed by atoms with E-state index in [1.807, 2.05) is 0 Å². The maximum Gasteiger partial charge on any atom is 0.211 e. The molecule has 1 aliphatic rings. The predicted octanol–water partition coefficient (Wildman–Crippen LogP) is 0.980. The lowest BCUT2D eigenvalue weighted by molar-refractivity contribution is 0.115. The first-order valence-electron chi connectivity index (χ1n) is 7.69. The highest BCUT2D eigenvalue weighted by Crippen LogP contribution is 2.24. The van der Waals surface area contributed by atoms with Crippen LogP contribution in [0.4, 0.5) is 0 Å². The van der Waals surface area contributed by atoms with Crippen molar-refractivity contribution in [3.05, 3.63) is 0 Å². The molecule has 6 heteroatoms. The van der Waals surface area contributed by atoms with Gasteiger partial charge in [-0.25, -0.2) is 8.42 Å². The van der Waals surface area contributed by atoms with Crippen LogP contribution in [0.2, 0.25) is 0 Å². The first kappa shape index (κ1) is 17.9. The Bertz CT molecular complexity index is 378. The third-order valence-corrected chi connectivity index (χ3v) is 5.36. The highest BCUT2D eigenvalue weighted by molar-refractivity contribution is 7.88. The van der Waals surface area contributed by atoms with Gasteiger partial charge in [0.1, 0.15) is 0 Å². The van der Waals surface area contributed by atoms with Gasteiger partial charge in [-0.2, -0.15) is 4.31 Å². The largest absolute Gasteiger partial charge is 0.316 e. The summed E-state index contributed by atoms with van der Waals surface area (Å²) >= 11 is 0. The van der Waals surface area contributed by atoms with Crippen LogP contribution in [0.25, 0.3) is 0 Å². The number of hydrogen-bond donors (Lipinski definition) is 1. The highest BCUT2D eigenvalue weighted by atomic mass is 32.2. The fourth-order valence-electron chi connectivity index (χ4n) is 3.01. The van der Waals surface area contributed by atoms with E-state index in [-0.39, 0.29) is 5.41 Å². The molecule has 1 aliphatic heterocycles. The summed E-state index contributed by atoms with van der Waals surface area (Å²) in [4.78, 5) is 2.41. The van der Waals surface area contributed by atoms with Gasteiger partial charge in [-0.1, -0.05) is 27.2 Å². The zero-order valence-electron chi connectivity index (χ0n) is 13.5. The second-order valence-electron chi connectivity index (χ2n) is 6.28. The molecule has 0 bridgehead atoms. The number of hydrogen-bond acceptors (Lipinski definition) is 4. The number of sulfonamides is 1. The molecule has 1 N–H and O–H groups in total. The summed E-state index contributed by atoms with van der Waals surface area (Å²) in [6, 6.07) is 0. The van der Waals surface area contributed by atoms with Crippen LogP contribution in [0.15, 0.2) is 0 Å². The van der Waals surface area contributed by atoms with Crippen molar-refractivity contribution in [2.24, 2.45) is 5.41 Å². The molecule has 120 valence electrons. The van der Waals surface area contributed by atoms with Gasteiger partial charge in [0, 0.05) is 39.3 Å². The van der Waals surface area contributed by atoms with Crippen LogP contribution >= 0.6 is 0 Å². The Morgan fingerprint density at radius 2 is 1.75 bits per heavy atom. The van der Waals surface area contributed by atoms with Gasteiger partial charge in [0.25, 0.3) is 0 Å². The van der Waals surface area contributed by atoms with E-state index in [1.54, 1.807) is 4.31 Å². The minimum absolute atomic E-state index is 0.276. The van der Waals surface area contributed by atoms with Crippen molar-refractivity contribution in [2.45, 2.75) is 33.6 Å². The molecule has 5 nitrogen and oxygen atoms in total. The number of piperazine rings is 1. The number of nitrogens with one attached hydrogen (secondary N) is 1. The quantitative estimate of drug-likeness (QED) is 0.726. The summed E-state index contributed by atoms with van der Waals surface area (Å²) in [5.74, 6) is 0. The summed E-state index contributed by atoms with van der Waals surface area (Å²) in [7, 11) is -3.02. The summed E-state index contributed by atoms with van der Waals surface area (Å²) in [5.41, 5.74) is 0.276. The van der Waals surface area contributed by atoms with Crippen LogP contribution in [0, 0.1) is 5.41 Å². The Balaban J connectivity index is 2.51. The van der Waals surface area contributed by atoms with Crippen molar-refractivity contribution in [2.75, 3.05) is 52.1 Å². The van der Waals surface area contributed by atoms with E-state index in [1.165, 1.54) is 19.1 Å². The molecule has 0 aromatic rings. The normalized spacial score (nSPS) is 21.8. The van der Waals surface area contributed by atoms with Crippen molar-refractivity contribution < 1.29 is 8.42 Å². The lowest BCUT2D eigenvalue weighted by Gasteiger charge is -2.39. The summed E-state index contributed by atoms with van der Waals surface area (Å²) in [6.07, 6.45) is 3.69. The van der Waals surface area contributed by atoms with Crippen LogP contribution in [0.1, 0.15) is 33.6 Å². The topological polar surface area (TPSA) is 52.6 Å². The number of nitrogens with zero attached hydrogens (tertiary/aromatic N) is 2. The molecule has 0 spiro atoms. The SMILES string of the molecule is CCCC(C)(CNCC)CN1CCN(S(C)(=O)=O)CC1. The smallest absolute Gasteiger partial charge is 0.211 e. The van der Waals surface area contributed by atoms with Crippen molar-refractivity contribution in [1.29, 1.82) is 0 Å². The molecule has 1 atom stereocenters. The molecule has 0 aromatic carbocycles. The minimum atomic E-state index is -3.02. The summed E-state index contributed by atoms with van der Waals surface area (Å²) < 4.78 is 24.6. The van der Waals surface area contributed by atoms with Gasteiger partial charge in [-0.15, -0.1) is 0 Å². The van der Waals surface area contributed by atoms with Crippen molar-refractivity contribution in [1.82, 2.24) is 14.5 Å². The minimum Gasteiger partial charge on any atom is -0.316 e. The maximum atomic E-state index is 11.5. The predicted molar refractivity (Wildman–Crippen MR) is 84.4 cm³/mol. The molecule has 1 fully saturated rings. The van der Waals surface area contributed by atoms with E-state index in [0.29, 0.717) is 13.1 Å². The molecule has 20 heavy (non-hydrogen) atoms. The van der Waals surface area contributed by atoms with Gasteiger partial charge < -0.3 is 10.2 Å². The van der Waals surface area contributed by atoms with Gasteiger partial charge in [-0.05, 0) is 18.4 Å². The van der Waals surface area contributed by atoms with Crippen molar-refractivity contribution >= 4 is 10.0 Å². The van der Waals surface area contributed by atoms with Crippen LogP contribution in [0.5, 0.6) is 0 Å². The van der Waals surface area contributed by atoms with Gasteiger partial charge in [0.15, 0.2) is 0 Å². The fraction of sp³-hybridized carbons (Fsp3) is 1.00. The van der Waals surface area contributed by atoms with Crippen LogP contribution < -0.4 is 5.32 Å². The zero-order valence-corrected chi connectivity index (χ0v) is 14.3. The zero-order chi connectivity index (χ0) is 15.2. The van der Waals surface area contributed by atoms with Gasteiger partial charge in [0.2, 0.25) is 10.0 Å². The molecule has 0 radical (unpaired) electrons. The van der Waals surface area contributed by atoms with Crippen molar-refractivity contribution in [3.63, 3.8) is 0 Å². The lowest BCUT2D eigenvalue weighted by atomic mass is 9.84. The first-order valence-corrected chi connectivity index (χ1v) is 9.54. The molecule has 1 unspecified atom stereocenters. The molecular formula is C14H31N3O2S. The molecule has 0 aromatic heterocycles. The van der Waals surface area contributed by atoms with E-state index in [2.05, 4.69) is 31.0 Å². The Hall–Kier alpha value is -0.170. The van der Waals surface area contributed by atoms with Crippen molar-refractivity contribution in [3.8, 4) is 0 Å². The lowest BCUT2D eigenvalue weighted by Crippen LogP contribution is -2.52. The maximum absolute atomic E-state index is 11.5. The Kier molecular flexibility index (Phi) is 6.91. The average molecular weight is 305 g/mol. The third kappa shape index (κ3) is 5.68. The summed E-state index contributed by atoms with van der Waals surface area (Å²) in [6.45, 7) is 12.7. The van der Waals surface area contributed by atoms with E-state index in [4.69, 9.17) is 0 Å². The van der Waals surface area contributed by atoms with E-state index < -0.39 is 10.0 Å². The van der Waals surface area contributed by atoms with E-state index in [0.717, 1.165) is 32.7 Å². The molecular weight excluding hydrogens is 274 g/mol. The fourth-order valence-corrected chi connectivity index (χ4v) is 3.84. The Morgan fingerprint density at radius 1 is 1.15 bits per heavy atom. The Labute approximate surface area is 124 Å². The molecule has 0 aliphatic carbocycles. The molecule has 0 saturated carbocycles. The number of rotatable bonds is 8. The molecule has 1 heterocycles. The first-order chi connectivity index (χ1) is 9.30. The average Bonchev–Trinajstić information content (AvgIpc) is 2.36. The second-order valence-corrected chi connectivity index (χ2v) is 8.26. The van der Waals surface area contributed by atoms with Gasteiger partial charge in [-0.3, -0.25) is 0 Å². The standard InChI is InChI=1S/C14H31N3O2S/c1-5-7-14(3,12-15-6-2)13-16-8-10-17(11-9-16)20(4,18)19/h15H,5-13H2,1-4H3. The van der Waals surface area contributed by atoms with Gasteiger partial charge in [0.05, 0.1) is 6.26 Å². The molecule has 1 saturated heterocycles. The monoisotopic (exact) mass is 305 g/mol. The summed E-state index contributed by atoms with van der Waals surface area (Å²) in [5, 5.41) is 3.46. The van der Waals surface area contributed by atoms with Crippen LogP contribution in [-0.2, 0) is 10.0 Å². The van der Waals surface area contributed by atoms with Crippen LogP contribution in [-0.4, -0.2) is 69.7 Å². The molecule has 0 amide bonds. The molecule has 1 rings (SSSR count). The third-order valence-electron chi connectivity index (χ3n) is 4.06. The highest BCUT2D eigenvalue weighted by Gasteiger charge is 2.29. The second kappa shape index (κ2) is 7.73. The Morgan fingerprint density at radius 3 is 2.20 bits per heavy atom. The van der Waals surface area contributed by atoms with Crippen LogP contribution in [0.3, 0.4) is 0 Å².